The fourth-order valence-electron chi connectivity index (χ4n) is 3.49. The molecular weight excluding hydrogens is 381 g/mol. The Hall–Kier alpha value is -3.29. The highest BCUT2D eigenvalue weighted by Gasteiger charge is 2.25. The van der Waals surface area contributed by atoms with Crippen LogP contribution in [0.15, 0.2) is 36.8 Å². The highest BCUT2D eigenvalue weighted by molar-refractivity contribution is 5.98. The van der Waals surface area contributed by atoms with Crippen molar-refractivity contribution in [2.24, 2.45) is 0 Å². The highest BCUT2D eigenvalue weighted by Crippen LogP contribution is 2.30. The summed E-state index contributed by atoms with van der Waals surface area (Å²) in [6, 6.07) is 5.28. The third-order valence-corrected chi connectivity index (χ3v) is 5.21. The Bertz CT molecular complexity index is 1100. The van der Waals surface area contributed by atoms with E-state index in [9.17, 15) is 18.0 Å². The largest absolute Gasteiger partial charge is 0.341 e. The SMILES string of the molecule is CC(c1cc(F)c(F)c(F)c1)c1cc(-c2nccc3c2CCN(C)C3=O)ncn1. The van der Waals surface area contributed by atoms with Gasteiger partial charge in [-0.3, -0.25) is 9.78 Å². The average molecular weight is 398 g/mol. The smallest absolute Gasteiger partial charge is 0.254 e. The summed E-state index contributed by atoms with van der Waals surface area (Å²) in [6.45, 7) is 2.29. The zero-order valence-corrected chi connectivity index (χ0v) is 15.8. The number of hydrogen-bond acceptors (Lipinski definition) is 4. The number of pyridine rings is 1. The summed E-state index contributed by atoms with van der Waals surface area (Å²) in [6.07, 6.45) is 3.54. The summed E-state index contributed by atoms with van der Waals surface area (Å²) in [5.41, 5.74) is 3.24. The molecule has 0 spiro atoms. The van der Waals surface area contributed by atoms with Crippen LogP contribution in [0.2, 0.25) is 0 Å². The number of carbonyl (C=O) groups is 1. The van der Waals surface area contributed by atoms with E-state index in [1.807, 2.05) is 0 Å². The third kappa shape index (κ3) is 3.35. The number of likely N-dealkylation sites (N-methyl/N-ethyl adjacent to an activating group) is 1. The molecule has 8 heteroatoms. The number of halogens is 3. The van der Waals surface area contributed by atoms with Crippen molar-refractivity contribution in [3.63, 3.8) is 0 Å². The number of hydrogen-bond donors (Lipinski definition) is 0. The van der Waals surface area contributed by atoms with Gasteiger partial charge in [0.05, 0.1) is 17.1 Å². The molecule has 0 saturated carbocycles. The van der Waals surface area contributed by atoms with Crippen LogP contribution in [0.5, 0.6) is 0 Å². The van der Waals surface area contributed by atoms with Crippen molar-refractivity contribution in [3.8, 4) is 11.4 Å². The van der Waals surface area contributed by atoms with Gasteiger partial charge < -0.3 is 4.90 Å². The van der Waals surface area contributed by atoms with Gasteiger partial charge in [-0.1, -0.05) is 6.92 Å². The normalized spacial score (nSPS) is 14.7. The van der Waals surface area contributed by atoms with Crippen molar-refractivity contribution in [2.75, 3.05) is 13.6 Å². The van der Waals surface area contributed by atoms with Gasteiger partial charge in [0.2, 0.25) is 0 Å². The maximum absolute atomic E-state index is 13.6. The van der Waals surface area contributed by atoms with E-state index < -0.39 is 23.4 Å². The standard InChI is InChI=1S/C21H17F3N4O/c1-11(12-7-15(22)19(24)16(23)8-12)17-9-18(27-10-26-17)20-13-4-6-28(2)21(29)14(13)3-5-25-20/h3,5,7-11H,4,6H2,1-2H3. The van der Waals surface area contributed by atoms with Crippen LogP contribution < -0.4 is 0 Å². The lowest BCUT2D eigenvalue weighted by molar-refractivity contribution is 0.0781. The van der Waals surface area contributed by atoms with Crippen LogP contribution in [-0.4, -0.2) is 39.4 Å². The molecule has 2 aromatic heterocycles. The maximum Gasteiger partial charge on any atom is 0.254 e. The molecule has 1 aromatic carbocycles. The Morgan fingerprint density at radius 2 is 1.79 bits per heavy atom. The van der Waals surface area contributed by atoms with Gasteiger partial charge in [0.15, 0.2) is 17.5 Å². The lowest BCUT2D eigenvalue weighted by Gasteiger charge is -2.25. The molecule has 0 saturated heterocycles. The molecule has 1 unspecified atom stereocenters. The minimum atomic E-state index is -1.50. The van der Waals surface area contributed by atoms with E-state index in [-0.39, 0.29) is 11.5 Å². The van der Waals surface area contributed by atoms with E-state index in [1.165, 1.54) is 6.33 Å². The van der Waals surface area contributed by atoms with Crippen LogP contribution in [0.25, 0.3) is 11.4 Å². The Kier molecular flexibility index (Phi) is 4.77. The molecule has 1 amide bonds. The highest BCUT2D eigenvalue weighted by atomic mass is 19.2. The molecular formula is C21H17F3N4O. The molecule has 1 aliphatic rings. The van der Waals surface area contributed by atoms with E-state index in [4.69, 9.17) is 0 Å². The summed E-state index contributed by atoms with van der Waals surface area (Å²) in [5, 5.41) is 0. The van der Waals surface area contributed by atoms with E-state index in [1.54, 1.807) is 37.2 Å². The minimum absolute atomic E-state index is 0.0742. The first-order valence-electron chi connectivity index (χ1n) is 9.07. The molecule has 0 fully saturated rings. The van der Waals surface area contributed by atoms with E-state index in [0.717, 1.165) is 17.7 Å². The topological polar surface area (TPSA) is 59.0 Å². The zero-order chi connectivity index (χ0) is 20.7. The van der Waals surface area contributed by atoms with Crippen molar-refractivity contribution in [3.05, 3.63) is 76.6 Å². The minimum Gasteiger partial charge on any atom is -0.341 e. The molecule has 3 aromatic rings. The molecule has 1 aliphatic heterocycles. The number of benzene rings is 1. The Morgan fingerprint density at radius 1 is 1.07 bits per heavy atom. The van der Waals surface area contributed by atoms with Gasteiger partial charge in [-0.05, 0) is 41.8 Å². The first kappa shape index (κ1) is 19.0. The Balaban J connectivity index is 1.75. The summed E-state index contributed by atoms with van der Waals surface area (Å²) >= 11 is 0. The van der Waals surface area contributed by atoms with Gasteiger partial charge in [-0.2, -0.15) is 0 Å². The molecule has 148 valence electrons. The fourth-order valence-corrected chi connectivity index (χ4v) is 3.49. The van der Waals surface area contributed by atoms with Gasteiger partial charge >= 0.3 is 0 Å². The monoisotopic (exact) mass is 398 g/mol. The van der Waals surface area contributed by atoms with Crippen molar-refractivity contribution < 1.29 is 18.0 Å². The van der Waals surface area contributed by atoms with Crippen LogP contribution in [0, 0.1) is 17.5 Å². The predicted octanol–water partition coefficient (Wildman–Crippen LogP) is 3.74. The second-order valence-corrected chi connectivity index (χ2v) is 7.01. The molecule has 5 nitrogen and oxygen atoms in total. The lowest BCUT2D eigenvalue weighted by atomic mass is 9.94. The maximum atomic E-state index is 13.6. The number of rotatable bonds is 3. The molecule has 29 heavy (non-hydrogen) atoms. The summed E-state index contributed by atoms with van der Waals surface area (Å²) in [4.78, 5) is 27.0. The van der Waals surface area contributed by atoms with Crippen LogP contribution in [0.3, 0.4) is 0 Å². The number of amides is 1. The number of aromatic nitrogens is 3. The van der Waals surface area contributed by atoms with Crippen LogP contribution in [0.4, 0.5) is 13.2 Å². The van der Waals surface area contributed by atoms with E-state index in [0.29, 0.717) is 35.6 Å². The molecule has 1 atom stereocenters. The second-order valence-electron chi connectivity index (χ2n) is 7.01. The molecule has 3 heterocycles. The first-order valence-corrected chi connectivity index (χ1v) is 9.07. The van der Waals surface area contributed by atoms with Crippen LogP contribution >= 0.6 is 0 Å². The van der Waals surface area contributed by atoms with Crippen LogP contribution in [-0.2, 0) is 6.42 Å². The van der Waals surface area contributed by atoms with Crippen molar-refractivity contribution in [2.45, 2.75) is 19.3 Å². The molecule has 0 N–H and O–H groups in total. The predicted molar refractivity (Wildman–Crippen MR) is 99.8 cm³/mol. The first-order chi connectivity index (χ1) is 13.9. The van der Waals surface area contributed by atoms with Gasteiger partial charge in [-0.25, -0.2) is 23.1 Å². The van der Waals surface area contributed by atoms with Crippen molar-refractivity contribution >= 4 is 5.91 Å². The van der Waals surface area contributed by atoms with Gasteiger partial charge in [-0.15, -0.1) is 0 Å². The van der Waals surface area contributed by atoms with Gasteiger partial charge in [0.25, 0.3) is 5.91 Å². The zero-order valence-electron chi connectivity index (χ0n) is 15.8. The third-order valence-electron chi connectivity index (χ3n) is 5.21. The van der Waals surface area contributed by atoms with Crippen molar-refractivity contribution in [1.82, 2.24) is 19.9 Å². The van der Waals surface area contributed by atoms with Crippen LogP contribution in [0.1, 0.15) is 40.0 Å². The number of fused-ring (bicyclic) bond motifs is 1. The second kappa shape index (κ2) is 7.27. The van der Waals surface area contributed by atoms with Gasteiger partial charge in [0, 0.05) is 31.3 Å². The summed E-state index contributed by atoms with van der Waals surface area (Å²) in [5.74, 6) is -4.58. The average Bonchev–Trinajstić information content (AvgIpc) is 2.73. The molecule has 0 aliphatic carbocycles. The fraction of sp³-hybridized carbons (Fsp3) is 0.238. The summed E-state index contributed by atoms with van der Waals surface area (Å²) in [7, 11) is 1.75. The Morgan fingerprint density at radius 3 is 2.52 bits per heavy atom. The quantitative estimate of drug-likeness (QED) is 0.631. The van der Waals surface area contributed by atoms with Gasteiger partial charge in [0.1, 0.15) is 6.33 Å². The number of carbonyl (C=O) groups excluding carboxylic acids is 1. The Labute approximate surface area is 165 Å². The summed E-state index contributed by atoms with van der Waals surface area (Å²) < 4.78 is 40.5. The van der Waals surface area contributed by atoms with E-state index >= 15 is 0 Å². The molecule has 0 bridgehead atoms. The molecule has 4 rings (SSSR count). The van der Waals surface area contributed by atoms with E-state index in [2.05, 4.69) is 15.0 Å². The lowest BCUT2D eigenvalue weighted by Crippen LogP contribution is -2.34. The molecule has 0 radical (unpaired) electrons. The van der Waals surface area contributed by atoms with Crippen molar-refractivity contribution in [1.29, 1.82) is 0 Å². The number of nitrogens with zero attached hydrogens (tertiary/aromatic N) is 4.